The molecule has 2 aliphatic heterocycles. The lowest BCUT2D eigenvalue weighted by Crippen LogP contribution is -2.54. The van der Waals surface area contributed by atoms with Crippen molar-refractivity contribution in [2.45, 2.75) is 31.2 Å². The number of carbonyl (C=O) groups excluding carboxylic acids is 1. The standard InChI is InChI=1S/C18H25N5O/c1-21(2)11-12-23-17(24)5-6-18(23)7-9-22(10-8-18)16-4-3-15(13-19)14-20-16/h3-4,14H,5-12H2,1-2H3. The fraction of sp³-hybridized carbons (Fsp3) is 0.611. The Kier molecular flexibility index (Phi) is 4.72. The van der Waals surface area contributed by atoms with E-state index in [9.17, 15) is 4.79 Å². The van der Waals surface area contributed by atoms with Gasteiger partial charge in [0.25, 0.3) is 0 Å². The normalized spacial score (nSPS) is 20.0. The SMILES string of the molecule is CN(C)CCN1C(=O)CCC12CCN(c1ccc(C#N)cn1)CC2. The Morgan fingerprint density at radius 3 is 2.62 bits per heavy atom. The highest BCUT2D eigenvalue weighted by molar-refractivity contribution is 5.79. The lowest BCUT2D eigenvalue weighted by molar-refractivity contribution is -0.132. The fourth-order valence-electron chi connectivity index (χ4n) is 3.85. The Labute approximate surface area is 143 Å². The lowest BCUT2D eigenvalue weighted by Gasteiger charge is -2.45. The van der Waals surface area contributed by atoms with Crippen molar-refractivity contribution in [2.75, 3.05) is 45.2 Å². The van der Waals surface area contributed by atoms with Crippen molar-refractivity contribution in [1.82, 2.24) is 14.8 Å². The van der Waals surface area contributed by atoms with E-state index in [4.69, 9.17) is 5.26 Å². The Bertz CT molecular complexity index is 626. The maximum atomic E-state index is 12.3. The van der Waals surface area contributed by atoms with Crippen LogP contribution in [0.1, 0.15) is 31.2 Å². The molecule has 128 valence electrons. The number of hydrogen-bond acceptors (Lipinski definition) is 5. The molecule has 0 radical (unpaired) electrons. The maximum Gasteiger partial charge on any atom is 0.223 e. The van der Waals surface area contributed by atoms with Crippen molar-refractivity contribution in [2.24, 2.45) is 0 Å². The van der Waals surface area contributed by atoms with E-state index in [1.807, 2.05) is 26.2 Å². The van der Waals surface area contributed by atoms with Gasteiger partial charge in [-0.1, -0.05) is 0 Å². The molecule has 0 saturated carbocycles. The van der Waals surface area contributed by atoms with Gasteiger partial charge in [0.05, 0.1) is 5.56 Å². The van der Waals surface area contributed by atoms with Crippen molar-refractivity contribution in [3.8, 4) is 6.07 Å². The Hall–Kier alpha value is -2.13. The second-order valence-corrected chi connectivity index (χ2v) is 7.08. The van der Waals surface area contributed by atoms with Gasteiger partial charge < -0.3 is 14.7 Å². The number of likely N-dealkylation sites (N-methyl/N-ethyl adjacent to an activating group) is 1. The van der Waals surface area contributed by atoms with Crippen LogP contribution >= 0.6 is 0 Å². The van der Waals surface area contributed by atoms with Gasteiger partial charge in [0.1, 0.15) is 11.9 Å². The summed E-state index contributed by atoms with van der Waals surface area (Å²) in [4.78, 5) is 23.3. The lowest BCUT2D eigenvalue weighted by atomic mass is 9.85. The first-order valence-electron chi connectivity index (χ1n) is 8.60. The van der Waals surface area contributed by atoms with Crippen molar-refractivity contribution in [1.29, 1.82) is 5.26 Å². The van der Waals surface area contributed by atoms with Gasteiger partial charge >= 0.3 is 0 Å². The highest BCUT2D eigenvalue weighted by atomic mass is 16.2. The van der Waals surface area contributed by atoms with Crippen LogP contribution in [0, 0.1) is 11.3 Å². The van der Waals surface area contributed by atoms with Crippen molar-refractivity contribution in [3.05, 3.63) is 23.9 Å². The summed E-state index contributed by atoms with van der Waals surface area (Å²) in [7, 11) is 4.10. The minimum absolute atomic E-state index is 0.0379. The van der Waals surface area contributed by atoms with E-state index in [1.54, 1.807) is 6.20 Å². The van der Waals surface area contributed by atoms with Gasteiger partial charge in [-0.25, -0.2) is 4.98 Å². The van der Waals surface area contributed by atoms with E-state index in [1.165, 1.54) is 0 Å². The average Bonchev–Trinajstić information content (AvgIpc) is 2.89. The van der Waals surface area contributed by atoms with Gasteiger partial charge in [-0.05, 0) is 45.5 Å². The third-order valence-corrected chi connectivity index (χ3v) is 5.34. The van der Waals surface area contributed by atoms with E-state index in [0.29, 0.717) is 17.9 Å². The van der Waals surface area contributed by atoms with Crippen LogP contribution in [-0.2, 0) is 4.79 Å². The summed E-state index contributed by atoms with van der Waals surface area (Å²) in [6.07, 6.45) is 5.28. The zero-order valence-corrected chi connectivity index (χ0v) is 14.5. The zero-order valence-electron chi connectivity index (χ0n) is 14.5. The van der Waals surface area contributed by atoms with E-state index in [-0.39, 0.29) is 5.54 Å². The van der Waals surface area contributed by atoms with Gasteiger partial charge in [0.15, 0.2) is 0 Å². The molecule has 0 aliphatic carbocycles. The number of piperidine rings is 1. The minimum atomic E-state index is 0.0379. The van der Waals surface area contributed by atoms with Crippen molar-refractivity contribution in [3.63, 3.8) is 0 Å². The number of nitrogens with zero attached hydrogens (tertiary/aromatic N) is 5. The summed E-state index contributed by atoms with van der Waals surface area (Å²) in [6.45, 7) is 3.55. The third-order valence-electron chi connectivity index (χ3n) is 5.34. The highest BCUT2D eigenvalue weighted by Gasteiger charge is 2.46. The smallest absolute Gasteiger partial charge is 0.223 e. The topological polar surface area (TPSA) is 63.5 Å². The summed E-state index contributed by atoms with van der Waals surface area (Å²) in [6, 6.07) is 5.83. The molecule has 0 unspecified atom stereocenters. The number of carbonyl (C=O) groups is 1. The second kappa shape index (κ2) is 6.78. The molecule has 1 aromatic rings. The second-order valence-electron chi connectivity index (χ2n) is 7.08. The molecule has 0 bridgehead atoms. The van der Waals surface area contributed by atoms with Crippen LogP contribution in [0.25, 0.3) is 0 Å². The van der Waals surface area contributed by atoms with Crippen LogP contribution in [0.15, 0.2) is 18.3 Å². The number of rotatable bonds is 4. The van der Waals surface area contributed by atoms with Gasteiger partial charge in [-0.3, -0.25) is 4.79 Å². The van der Waals surface area contributed by atoms with Gasteiger partial charge in [-0.2, -0.15) is 5.26 Å². The number of anilines is 1. The summed E-state index contributed by atoms with van der Waals surface area (Å²) in [5.74, 6) is 1.23. The largest absolute Gasteiger partial charge is 0.356 e. The zero-order chi connectivity index (χ0) is 17.2. The van der Waals surface area contributed by atoms with E-state index in [0.717, 1.165) is 51.3 Å². The summed E-state index contributed by atoms with van der Waals surface area (Å²) in [5, 5.41) is 8.88. The molecule has 2 fully saturated rings. The van der Waals surface area contributed by atoms with Crippen molar-refractivity contribution >= 4 is 11.7 Å². The molecule has 3 heterocycles. The third kappa shape index (κ3) is 3.22. The van der Waals surface area contributed by atoms with Crippen molar-refractivity contribution < 1.29 is 4.79 Å². The summed E-state index contributed by atoms with van der Waals surface area (Å²) < 4.78 is 0. The number of aromatic nitrogens is 1. The predicted molar refractivity (Wildman–Crippen MR) is 92.6 cm³/mol. The molecule has 3 rings (SSSR count). The van der Waals surface area contributed by atoms with Gasteiger partial charge in [0, 0.05) is 44.3 Å². The molecular formula is C18H25N5O. The van der Waals surface area contributed by atoms with Crippen LogP contribution in [0.4, 0.5) is 5.82 Å². The Balaban J connectivity index is 1.66. The van der Waals surface area contributed by atoms with Gasteiger partial charge in [0.2, 0.25) is 5.91 Å². The average molecular weight is 327 g/mol. The number of amides is 1. The van der Waals surface area contributed by atoms with Crippen LogP contribution in [0.5, 0.6) is 0 Å². The van der Waals surface area contributed by atoms with Crippen LogP contribution < -0.4 is 4.90 Å². The summed E-state index contributed by atoms with van der Waals surface area (Å²) >= 11 is 0. The Morgan fingerprint density at radius 2 is 2.04 bits per heavy atom. The number of hydrogen-bond donors (Lipinski definition) is 0. The molecule has 0 aromatic carbocycles. The quantitative estimate of drug-likeness (QED) is 0.838. The van der Waals surface area contributed by atoms with Crippen LogP contribution in [0.2, 0.25) is 0 Å². The van der Waals surface area contributed by atoms with E-state index < -0.39 is 0 Å². The van der Waals surface area contributed by atoms with Crippen LogP contribution in [-0.4, -0.2) is 66.5 Å². The van der Waals surface area contributed by atoms with E-state index in [2.05, 4.69) is 25.8 Å². The predicted octanol–water partition coefficient (Wildman–Crippen LogP) is 1.48. The minimum Gasteiger partial charge on any atom is -0.356 e. The van der Waals surface area contributed by atoms with Crippen LogP contribution in [0.3, 0.4) is 0 Å². The highest BCUT2D eigenvalue weighted by Crippen LogP contribution is 2.39. The first kappa shape index (κ1) is 16.7. The molecule has 1 spiro atoms. The molecule has 0 N–H and O–H groups in total. The fourth-order valence-corrected chi connectivity index (χ4v) is 3.85. The first-order chi connectivity index (χ1) is 11.5. The molecule has 1 aromatic heterocycles. The van der Waals surface area contributed by atoms with Gasteiger partial charge in [-0.15, -0.1) is 0 Å². The molecule has 2 aliphatic rings. The molecule has 6 heteroatoms. The molecule has 24 heavy (non-hydrogen) atoms. The first-order valence-corrected chi connectivity index (χ1v) is 8.60. The molecule has 0 atom stereocenters. The van der Waals surface area contributed by atoms with E-state index >= 15 is 0 Å². The maximum absolute atomic E-state index is 12.3. The number of nitriles is 1. The monoisotopic (exact) mass is 327 g/mol. The molecule has 2 saturated heterocycles. The molecule has 1 amide bonds. The number of likely N-dealkylation sites (tertiary alicyclic amines) is 1. The Morgan fingerprint density at radius 1 is 1.29 bits per heavy atom. The molecule has 6 nitrogen and oxygen atoms in total. The summed E-state index contributed by atoms with van der Waals surface area (Å²) in [5.41, 5.74) is 0.624. The number of pyridine rings is 1. The molecular weight excluding hydrogens is 302 g/mol.